The van der Waals surface area contributed by atoms with Crippen molar-refractivity contribution in [1.29, 1.82) is 0 Å². The van der Waals surface area contributed by atoms with E-state index in [2.05, 4.69) is 5.32 Å². The highest BCUT2D eigenvalue weighted by atomic mass is 16.5. The van der Waals surface area contributed by atoms with Gasteiger partial charge in [0.15, 0.2) is 0 Å². The minimum Gasteiger partial charge on any atom is -0.508 e. The Morgan fingerprint density at radius 3 is 2.24 bits per heavy atom. The van der Waals surface area contributed by atoms with Crippen LogP contribution < -0.4 is 5.32 Å². The summed E-state index contributed by atoms with van der Waals surface area (Å²) in [5.41, 5.74) is 0.557. The molecule has 0 aliphatic carbocycles. The van der Waals surface area contributed by atoms with Gasteiger partial charge in [-0.25, -0.2) is 4.79 Å². The number of carbonyl (C=O) groups excluding carboxylic acids is 1. The molecule has 2 N–H and O–H groups in total. The van der Waals surface area contributed by atoms with Crippen LogP contribution in [0.4, 0.5) is 0 Å². The molecule has 0 spiro atoms. The Labute approximate surface area is 102 Å². The number of phenols is 1. The minimum absolute atomic E-state index is 0.174. The predicted octanol–water partition coefficient (Wildman–Crippen LogP) is 1.99. The van der Waals surface area contributed by atoms with Crippen molar-refractivity contribution >= 4 is 5.97 Å². The highest BCUT2D eigenvalue weighted by Crippen LogP contribution is 2.20. The summed E-state index contributed by atoms with van der Waals surface area (Å²) in [4.78, 5) is 11.7. The molecular weight excluding hydrogens is 218 g/mol. The van der Waals surface area contributed by atoms with Gasteiger partial charge in [-0.05, 0) is 38.5 Å². The van der Waals surface area contributed by atoms with E-state index in [0.717, 1.165) is 5.56 Å². The highest BCUT2D eigenvalue weighted by Gasteiger charge is 2.25. The maximum Gasteiger partial charge on any atom is 0.327 e. The second-order valence-electron chi connectivity index (χ2n) is 4.94. The van der Waals surface area contributed by atoms with Crippen molar-refractivity contribution in [2.24, 2.45) is 0 Å². The molecule has 0 aliphatic heterocycles. The first-order valence-corrected chi connectivity index (χ1v) is 5.48. The normalized spacial score (nSPS) is 13.2. The van der Waals surface area contributed by atoms with E-state index < -0.39 is 6.04 Å². The van der Waals surface area contributed by atoms with Gasteiger partial charge in [0.05, 0.1) is 7.11 Å². The standard InChI is InChI=1S/C13H19NO3/c1-13(2,3)14-11(12(16)17-4)9-5-7-10(15)8-6-9/h5-8,11,14-15H,1-4H3. The van der Waals surface area contributed by atoms with Crippen LogP contribution in [0.15, 0.2) is 24.3 Å². The van der Waals surface area contributed by atoms with Crippen LogP contribution >= 0.6 is 0 Å². The predicted molar refractivity (Wildman–Crippen MR) is 65.8 cm³/mol. The van der Waals surface area contributed by atoms with Gasteiger partial charge in [0.2, 0.25) is 0 Å². The summed E-state index contributed by atoms with van der Waals surface area (Å²) < 4.78 is 4.78. The summed E-state index contributed by atoms with van der Waals surface area (Å²) in [5, 5.41) is 12.4. The maximum atomic E-state index is 11.7. The number of carbonyl (C=O) groups is 1. The summed E-state index contributed by atoms with van der Waals surface area (Å²) in [6, 6.07) is 5.98. The van der Waals surface area contributed by atoms with Crippen LogP contribution in [0.5, 0.6) is 5.75 Å². The molecule has 0 saturated carbocycles. The van der Waals surface area contributed by atoms with E-state index in [1.54, 1.807) is 24.3 Å². The van der Waals surface area contributed by atoms with Crippen LogP contribution in [-0.2, 0) is 9.53 Å². The number of nitrogens with one attached hydrogen (secondary N) is 1. The first-order valence-electron chi connectivity index (χ1n) is 5.48. The van der Waals surface area contributed by atoms with Crippen molar-refractivity contribution in [3.05, 3.63) is 29.8 Å². The number of hydrogen-bond donors (Lipinski definition) is 2. The van der Waals surface area contributed by atoms with Crippen molar-refractivity contribution < 1.29 is 14.6 Å². The first kappa shape index (κ1) is 13.5. The van der Waals surface area contributed by atoms with Gasteiger partial charge in [0.25, 0.3) is 0 Å². The number of methoxy groups -OCH3 is 1. The van der Waals surface area contributed by atoms with Crippen LogP contribution in [0.25, 0.3) is 0 Å². The molecule has 0 amide bonds. The third-order valence-corrected chi connectivity index (χ3v) is 2.24. The molecule has 1 rings (SSSR count). The fourth-order valence-corrected chi connectivity index (χ4v) is 1.50. The lowest BCUT2D eigenvalue weighted by Gasteiger charge is -2.27. The lowest BCUT2D eigenvalue weighted by Crippen LogP contribution is -2.42. The molecule has 0 bridgehead atoms. The molecule has 0 radical (unpaired) electrons. The average Bonchev–Trinajstić information content (AvgIpc) is 2.25. The molecular formula is C13H19NO3. The molecule has 0 fully saturated rings. The topological polar surface area (TPSA) is 58.6 Å². The van der Waals surface area contributed by atoms with Crippen LogP contribution in [0, 0.1) is 0 Å². The zero-order valence-electron chi connectivity index (χ0n) is 10.7. The molecule has 17 heavy (non-hydrogen) atoms. The first-order chi connectivity index (χ1) is 7.83. The lowest BCUT2D eigenvalue weighted by molar-refractivity contribution is -0.143. The van der Waals surface area contributed by atoms with Gasteiger partial charge < -0.3 is 9.84 Å². The van der Waals surface area contributed by atoms with Gasteiger partial charge >= 0.3 is 5.97 Å². The third kappa shape index (κ3) is 4.07. The van der Waals surface area contributed by atoms with E-state index in [4.69, 9.17) is 4.74 Å². The zero-order chi connectivity index (χ0) is 13.1. The van der Waals surface area contributed by atoms with E-state index in [9.17, 15) is 9.90 Å². The molecule has 0 aliphatic rings. The zero-order valence-corrected chi connectivity index (χ0v) is 10.7. The third-order valence-electron chi connectivity index (χ3n) is 2.24. The van der Waals surface area contributed by atoms with Gasteiger partial charge in [0.1, 0.15) is 11.8 Å². The summed E-state index contributed by atoms with van der Waals surface area (Å²) in [5.74, 6) is -0.168. The van der Waals surface area contributed by atoms with Crippen molar-refractivity contribution in [2.75, 3.05) is 7.11 Å². The van der Waals surface area contributed by atoms with E-state index in [1.165, 1.54) is 7.11 Å². The molecule has 1 atom stereocenters. The van der Waals surface area contributed by atoms with Crippen molar-refractivity contribution in [2.45, 2.75) is 32.4 Å². The van der Waals surface area contributed by atoms with E-state index in [-0.39, 0.29) is 17.3 Å². The Bertz CT molecular complexity index is 379. The Morgan fingerprint density at radius 1 is 1.29 bits per heavy atom. The smallest absolute Gasteiger partial charge is 0.327 e. The minimum atomic E-state index is -0.527. The largest absolute Gasteiger partial charge is 0.508 e. The summed E-state index contributed by atoms with van der Waals surface area (Å²) in [6.07, 6.45) is 0. The Kier molecular flexibility index (Phi) is 4.12. The molecule has 4 heteroatoms. The highest BCUT2D eigenvalue weighted by molar-refractivity contribution is 5.77. The molecule has 4 nitrogen and oxygen atoms in total. The molecule has 0 heterocycles. The van der Waals surface area contributed by atoms with Crippen molar-refractivity contribution in [1.82, 2.24) is 5.32 Å². The quantitative estimate of drug-likeness (QED) is 0.789. The Balaban J connectivity index is 2.98. The number of benzene rings is 1. The number of phenolic OH excluding ortho intramolecular Hbond substituents is 1. The van der Waals surface area contributed by atoms with Crippen LogP contribution in [0.2, 0.25) is 0 Å². The second-order valence-corrected chi connectivity index (χ2v) is 4.94. The number of ether oxygens (including phenoxy) is 1. The van der Waals surface area contributed by atoms with Crippen LogP contribution in [0.3, 0.4) is 0 Å². The van der Waals surface area contributed by atoms with Crippen molar-refractivity contribution in [3.8, 4) is 5.75 Å². The Morgan fingerprint density at radius 2 is 1.82 bits per heavy atom. The number of aromatic hydroxyl groups is 1. The molecule has 1 aromatic carbocycles. The van der Waals surface area contributed by atoms with E-state index >= 15 is 0 Å². The monoisotopic (exact) mass is 237 g/mol. The molecule has 1 aromatic rings. The van der Waals surface area contributed by atoms with Gasteiger partial charge in [-0.3, -0.25) is 5.32 Å². The van der Waals surface area contributed by atoms with Gasteiger partial charge in [-0.1, -0.05) is 12.1 Å². The number of esters is 1. The molecule has 0 saturated heterocycles. The second kappa shape index (κ2) is 5.19. The fraction of sp³-hybridized carbons (Fsp3) is 0.462. The SMILES string of the molecule is COC(=O)C(NC(C)(C)C)c1ccc(O)cc1. The number of hydrogen-bond acceptors (Lipinski definition) is 4. The fourth-order valence-electron chi connectivity index (χ4n) is 1.50. The molecule has 1 unspecified atom stereocenters. The lowest BCUT2D eigenvalue weighted by atomic mass is 10.0. The number of rotatable bonds is 3. The summed E-state index contributed by atoms with van der Waals surface area (Å²) >= 11 is 0. The summed E-state index contributed by atoms with van der Waals surface area (Å²) in [6.45, 7) is 5.93. The molecule has 0 aromatic heterocycles. The Hall–Kier alpha value is -1.55. The van der Waals surface area contributed by atoms with Gasteiger partial charge in [-0.15, -0.1) is 0 Å². The van der Waals surface area contributed by atoms with Gasteiger partial charge in [-0.2, -0.15) is 0 Å². The van der Waals surface area contributed by atoms with E-state index in [1.807, 2.05) is 20.8 Å². The maximum absolute atomic E-state index is 11.7. The van der Waals surface area contributed by atoms with E-state index in [0.29, 0.717) is 0 Å². The molecule has 94 valence electrons. The average molecular weight is 237 g/mol. The van der Waals surface area contributed by atoms with Crippen molar-refractivity contribution in [3.63, 3.8) is 0 Å². The van der Waals surface area contributed by atoms with Crippen LogP contribution in [-0.4, -0.2) is 23.7 Å². The van der Waals surface area contributed by atoms with Gasteiger partial charge in [0, 0.05) is 5.54 Å². The summed E-state index contributed by atoms with van der Waals surface area (Å²) in [7, 11) is 1.36. The van der Waals surface area contributed by atoms with Crippen LogP contribution in [0.1, 0.15) is 32.4 Å².